The summed E-state index contributed by atoms with van der Waals surface area (Å²) in [6.45, 7) is 5.47. The highest BCUT2D eigenvalue weighted by atomic mass is 79.9. The molecule has 3 nitrogen and oxygen atoms in total. The van der Waals surface area contributed by atoms with E-state index >= 15 is 0 Å². The molecular formula is C13H18BrNO2S. The molecule has 1 heterocycles. The molecule has 5 heteroatoms. The summed E-state index contributed by atoms with van der Waals surface area (Å²) in [5, 5.41) is 0. The molecule has 100 valence electrons. The van der Waals surface area contributed by atoms with E-state index in [1.807, 2.05) is 0 Å². The average molecular weight is 332 g/mol. The Morgan fingerprint density at radius 1 is 1.22 bits per heavy atom. The van der Waals surface area contributed by atoms with Crippen molar-refractivity contribution in [3.8, 4) is 0 Å². The highest BCUT2D eigenvalue weighted by Gasteiger charge is 2.33. The number of halogens is 1. The third kappa shape index (κ3) is 2.95. The lowest BCUT2D eigenvalue weighted by Gasteiger charge is -2.37. The molecule has 0 atom stereocenters. The summed E-state index contributed by atoms with van der Waals surface area (Å²) in [5.41, 5.74) is 0.0701. The fraction of sp³-hybridized carbons (Fsp3) is 0.538. The molecule has 1 aliphatic rings. The van der Waals surface area contributed by atoms with Gasteiger partial charge in [-0.25, -0.2) is 8.42 Å². The fourth-order valence-electron chi connectivity index (χ4n) is 2.33. The number of piperidine rings is 1. The summed E-state index contributed by atoms with van der Waals surface area (Å²) in [7, 11) is -3.34. The van der Waals surface area contributed by atoms with E-state index in [0.29, 0.717) is 18.0 Å². The van der Waals surface area contributed by atoms with Crippen LogP contribution >= 0.6 is 15.9 Å². The van der Waals surface area contributed by atoms with Crippen molar-refractivity contribution >= 4 is 26.0 Å². The quantitative estimate of drug-likeness (QED) is 0.834. The number of nitrogens with zero attached hydrogens (tertiary/aromatic N) is 1. The molecule has 0 unspecified atom stereocenters. The molecule has 1 saturated heterocycles. The standard InChI is InChI=1S/C13H18BrNO2S/c1-13(2)8-3-9-15(10-13)18(16,17)12-6-4-11(14)5-7-12/h4-7H,3,8-10H2,1-2H3. The van der Waals surface area contributed by atoms with E-state index < -0.39 is 10.0 Å². The first-order valence-electron chi connectivity index (χ1n) is 6.07. The Kier molecular flexibility index (Phi) is 3.85. The zero-order valence-electron chi connectivity index (χ0n) is 10.7. The zero-order chi connectivity index (χ0) is 13.4. The molecule has 0 spiro atoms. The van der Waals surface area contributed by atoms with Gasteiger partial charge in [0.1, 0.15) is 0 Å². The van der Waals surface area contributed by atoms with Crippen LogP contribution in [0.15, 0.2) is 33.6 Å². The van der Waals surface area contributed by atoms with Gasteiger partial charge in [-0.05, 0) is 42.5 Å². The van der Waals surface area contributed by atoms with E-state index in [9.17, 15) is 8.42 Å². The van der Waals surface area contributed by atoms with Gasteiger partial charge < -0.3 is 0 Å². The second-order valence-electron chi connectivity index (χ2n) is 5.56. The second-order valence-corrected chi connectivity index (χ2v) is 8.41. The van der Waals surface area contributed by atoms with Gasteiger partial charge in [-0.15, -0.1) is 0 Å². The van der Waals surface area contributed by atoms with Crippen molar-refractivity contribution in [3.05, 3.63) is 28.7 Å². The van der Waals surface area contributed by atoms with Gasteiger partial charge in [0.15, 0.2) is 0 Å². The Hall–Kier alpha value is -0.390. The zero-order valence-corrected chi connectivity index (χ0v) is 13.1. The van der Waals surface area contributed by atoms with Gasteiger partial charge in [-0.2, -0.15) is 4.31 Å². The first-order chi connectivity index (χ1) is 8.31. The lowest BCUT2D eigenvalue weighted by atomic mass is 9.85. The normalized spacial score (nSPS) is 20.8. The van der Waals surface area contributed by atoms with E-state index in [4.69, 9.17) is 0 Å². The highest BCUT2D eigenvalue weighted by molar-refractivity contribution is 9.10. The number of hydrogen-bond donors (Lipinski definition) is 0. The van der Waals surface area contributed by atoms with Crippen LogP contribution in [0.1, 0.15) is 26.7 Å². The van der Waals surface area contributed by atoms with Crippen LogP contribution < -0.4 is 0 Å². The van der Waals surface area contributed by atoms with Crippen LogP contribution in [0.5, 0.6) is 0 Å². The highest BCUT2D eigenvalue weighted by Crippen LogP contribution is 2.31. The molecule has 0 amide bonds. The monoisotopic (exact) mass is 331 g/mol. The fourth-order valence-corrected chi connectivity index (χ4v) is 4.26. The van der Waals surface area contributed by atoms with Crippen LogP contribution in [-0.4, -0.2) is 25.8 Å². The van der Waals surface area contributed by atoms with E-state index in [1.54, 1.807) is 28.6 Å². The molecular weight excluding hydrogens is 314 g/mol. The van der Waals surface area contributed by atoms with Crippen molar-refractivity contribution in [2.45, 2.75) is 31.6 Å². The molecule has 18 heavy (non-hydrogen) atoms. The summed E-state index contributed by atoms with van der Waals surface area (Å²) < 4.78 is 27.5. The van der Waals surface area contributed by atoms with E-state index in [1.165, 1.54) is 0 Å². The topological polar surface area (TPSA) is 37.4 Å². The maximum Gasteiger partial charge on any atom is 0.243 e. The largest absolute Gasteiger partial charge is 0.243 e. The van der Waals surface area contributed by atoms with E-state index in [0.717, 1.165) is 17.3 Å². The minimum absolute atomic E-state index is 0.0701. The van der Waals surface area contributed by atoms with Gasteiger partial charge in [0.2, 0.25) is 10.0 Å². The molecule has 0 saturated carbocycles. The number of benzene rings is 1. The van der Waals surface area contributed by atoms with Crippen LogP contribution in [0, 0.1) is 5.41 Å². The van der Waals surface area contributed by atoms with Gasteiger partial charge in [-0.3, -0.25) is 0 Å². The minimum atomic E-state index is -3.34. The smallest absolute Gasteiger partial charge is 0.207 e. The maximum atomic E-state index is 12.5. The summed E-state index contributed by atoms with van der Waals surface area (Å²) in [5.74, 6) is 0. The van der Waals surface area contributed by atoms with Crippen LogP contribution in [0.4, 0.5) is 0 Å². The molecule has 1 aromatic rings. The minimum Gasteiger partial charge on any atom is -0.207 e. The molecule has 0 N–H and O–H groups in total. The van der Waals surface area contributed by atoms with Crippen molar-refractivity contribution in [3.63, 3.8) is 0 Å². The van der Waals surface area contributed by atoms with Crippen LogP contribution in [0.2, 0.25) is 0 Å². The van der Waals surface area contributed by atoms with Gasteiger partial charge in [0.25, 0.3) is 0 Å². The van der Waals surface area contributed by atoms with E-state index in [-0.39, 0.29) is 5.41 Å². The molecule has 0 aliphatic carbocycles. The van der Waals surface area contributed by atoms with Crippen LogP contribution in [0.25, 0.3) is 0 Å². The summed E-state index contributed by atoms with van der Waals surface area (Å²) in [6, 6.07) is 6.84. The Morgan fingerprint density at radius 2 is 1.83 bits per heavy atom. The van der Waals surface area contributed by atoms with Crippen LogP contribution in [-0.2, 0) is 10.0 Å². The van der Waals surface area contributed by atoms with E-state index in [2.05, 4.69) is 29.8 Å². The molecule has 1 aliphatic heterocycles. The first-order valence-corrected chi connectivity index (χ1v) is 8.30. The average Bonchev–Trinajstić information content (AvgIpc) is 2.28. The number of hydrogen-bond acceptors (Lipinski definition) is 2. The summed E-state index contributed by atoms with van der Waals surface area (Å²) >= 11 is 3.32. The van der Waals surface area contributed by atoms with Crippen molar-refractivity contribution in [2.75, 3.05) is 13.1 Å². The Bertz CT molecular complexity index is 522. The van der Waals surface area contributed by atoms with Crippen molar-refractivity contribution < 1.29 is 8.42 Å². The van der Waals surface area contributed by atoms with Crippen molar-refractivity contribution in [2.24, 2.45) is 5.41 Å². The Morgan fingerprint density at radius 3 is 2.39 bits per heavy atom. The molecule has 1 aromatic carbocycles. The molecule has 1 fully saturated rings. The van der Waals surface area contributed by atoms with Gasteiger partial charge in [0, 0.05) is 17.6 Å². The Labute approximate surface area is 117 Å². The molecule has 0 bridgehead atoms. The lowest BCUT2D eigenvalue weighted by molar-refractivity contribution is 0.187. The predicted molar refractivity (Wildman–Crippen MR) is 75.9 cm³/mol. The first kappa shape index (κ1) is 14.0. The van der Waals surface area contributed by atoms with Gasteiger partial charge in [-0.1, -0.05) is 29.8 Å². The second kappa shape index (κ2) is 4.94. The van der Waals surface area contributed by atoms with Crippen LogP contribution in [0.3, 0.4) is 0 Å². The molecule has 0 radical (unpaired) electrons. The van der Waals surface area contributed by atoms with Gasteiger partial charge in [0.05, 0.1) is 4.90 Å². The lowest BCUT2D eigenvalue weighted by Crippen LogP contribution is -2.43. The SMILES string of the molecule is CC1(C)CCCN(S(=O)(=O)c2ccc(Br)cc2)C1. The number of sulfonamides is 1. The van der Waals surface area contributed by atoms with Crippen molar-refractivity contribution in [1.82, 2.24) is 4.31 Å². The third-order valence-corrected chi connectivity index (χ3v) is 5.70. The summed E-state index contributed by atoms with van der Waals surface area (Å²) in [6.07, 6.45) is 2.02. The third-order valence-electron chi connectivity index (χ3n) is 3.32. The molecule has 0 aromatic heterocycles. The summed E-state index contributed by atoms with van der Waals surface area (Å²) in [4.78, 5) is 0.378. The maximum absolute atomic E-state index is 12.5. The molecule has 2 rings (SSSR count). The van der Waals surface area contributed by atoms with Gasteiger partial charge >= 0.3 is 0 Å². The van der Waals surface area contributed by atoms with Crippen molar-refractivity contribution in [1.29, 1.82) is 0 Å². The Balaban J connectivity index is 2.28. The predicted octanol–water partition coefficient (Wildman–Crippen LogP) is 3.26. The number of rotatable bonds is 2.